The number of nitrogens with two attached hydrogens (primary N) is 1. The minimum absolute atomic E-state index is 0.0965. The van der Waals surface area contributed by atoms with Gasteiger partial charge in [0.15, 0.2) is 0 Å². The number of carbonyl (C=O) groups excluding carboxylic acids is 1. The number of hydrogen-bond acceptors (Lipinski definition) is 2. The molecule has 74 valence electrons. The summed E-state index contributed by atoms with van der Waals surface area (Å²) in [4.78, 5) is 11.0. The topological polar surface area (TPSA) is 55.1 Å². The lowest BCUT2D eigenvalue weighted by Gasteiger charge is -2.35. The van der Waals surface area contributed by atoms with Crippen molar-refractivity contribution in [2.75, 3.05) is 13.1 Å². The normalized spacial score (nSPS) is 39.5. The second-order valence-corrected chi connectivity index (χ2v) is 4.60. The largest absolute Gasteiger partial charge is 0.369 e. The van der Waals surface area contributed by atoms with Crippen molar-refractivity contribution in [1.29, 1.82) is 0 Å². The molecular weight excluding hydrogens is 164 g/mol. The Morgan fingerprint density at radius 1 is 1.31 bits per heavy atom. The maximum atomic E-state index is 11.0. The van der Waals surface area contributed by atoms with E-state index in [0.717, 1.165) is 25.9 Å². The van der Waals surface area contributed by atoms with Gasteiger partial charge in [0.2, 0.25) is 5.91 Å². The summed E-state index contributed by atoms with van der Waals surface area (Å²) in [6.45, 7) is 2.31. The number of rotatable bonds is 1. The van der Waals surface area contributed by atoms with E-state index in [9.17, 15) is 4.79 Å². The summed E-state index contributed by atoms with van der Waals surface area (Å²) in [5.74, 6) is 0.0621. The molecule has 1 heterocycles. The van der Waals surface area contributed by atoms with Crippen molar-refractivity contribution in [3.05, 3.63) is 0 Å². The van der Waals surface area contributed by atoms with Crippen LogP contribution in [-0.2, 0) is 4.79 Å². The van der Waals surface area contributed by atoms with Gasteiger partial charge in [-0.15, -0.1) is 0 Å². The number of carbonyl (C=O) groups is 1. The van der Waals surface area contributed by atoms with Crippen molar-refractivity contribution in [1.82, 2.24) is 5.32 Å². The molecule has 1 spiro atoms. The van der Waals surface area contributed by atoms with Crippen LogP contribution in [0.5, 0.6) is 0 Å². The Morgan fingerprint density at radius 2 is 2.00 bits per heavy atom. The molecule has 3 nitrogen and oxygen atoms in total. The first-order valence-corrected chi connectivity index (χ1v) is 5.22. The summed E-state index contributed by atoms with van der Waals surface area (Å²) in [7, 11) is 0. The third-order valence-corrected chi connectivity index (χ3v) is 3.78. The molecule has 3 N–H and O–H groups in total. The highest BCUT2D eigenvalue weighted by Crippen LogP contribution is 2.42. The monoisotopic (exact) mass is 182 g/mol. The molecule has 1 aliphatic carbocycles. The average molecular weight is 182 g/mol. The van der Waals surface area contributed by atoms with Crippen LogP contribution in [0.4, 0.5) is 0 Å². The molecule has 3 heteroatoms. The zero-order valence-corrected chi connectivity index (χ0v) is 8.01. The molecule has 0 atom stereocenters. The molecule has 13 heavy (non-hydrogen) atoms. The van der Waals surface area contributed by atoms with Gasteiger partial charge in [0.1, 0.15) is 0 Å². The van der Waals surface area contributed by atoms with Crippen LogP contribution in [0.15, 0.2) is 0 Å². The molecule has 0 unspecified atom stereocenters. The van der Waals surface area contributed by atoms with Crippen LogP contribution in [0.3, 0.4) is 0 Å². The van der Waals surface area contributed by atoms with E-state index in [0.29, 0.717) is 5.41 Å². The van der Waals surface area contributed by atoms with Gasteiger partial charge >= 0.3 is 0 Å². The van der Waals surface area contributed by atoms with E-state index in [1.165, 1.54) is 19.3 Å². The highest BCUT2D eigenvalue weighted by atomic mass is 16.1. The summed E-state index contributed by atoms with van der Waals surface area (Å²) in [6.07, 6.45) is 5.69. The van der Waals surface area contributed by atoms with E-state index in [-0.39, 0.29) is 11.8 Å². The van der Waals surface area contributed by atoms with Crippen LogP contribution in [0.2, 0.25) is 0 Å². The Kier molecular flexibility index (Phi) is 2.28. The van der Waals surface area contributed by atoms with Gasteiger partial charge in [-0.1, -0.05) is 0 Å². The molecule has 2 rings (SSSR count). The van der Waals surface area contributed by atoms with Gasteiger partial charge in [0.25, 0.3) is 0 Å². The van der Waals surface area contributed by atoms with Gasteiger partial charge in [-0.2, -0.15) is 0 Å². The summed E-state index contributed by atoms with van der Waals surface area (Å²) < 4.78 is 0. The van der Waals surface area contributed by atoms with Crippen molar-refractivity contribution < 1.29 is 4.79 Å². The smallest absolute Gasteiger partial charge is 0.220 e. The molecule has 0 aromatic heterocycles. The molecule has 2 aliphatic rings. The predicted molar refractivity (Wildman–Crippen MR) is 51.1 cm³/mol. The fourth-order valence-electron chi connectivity index (χ4n) is 2.74. The van der Waals surface area contributed by atoms with E-state index < -0.39 is 0 Å². The second-order valence-electron chi connectivity index (χ2n) is 4.60. The van der Waals surface area contributed by atoms with Crippen molar-refractivity contribution in [3.63, 3.8) is 0 Å². The fourth-order valence-corrected chi connectivity index (χ4v) is 2.74. The molecule has 0 aromatic rings. The Labute approximate surface area is 79.1 Å². The van der Waals surface area contributed by atoms with Crippen LogP contribution >= 0.6 is 0 Å². The Hall–Kier alpha value is -0.570. The first kappa shape index (κ1) is 9.00. The van der Waals surface area contributed by atoms with Crippen molar-refractivity contribution in [2.24, 2.45) is 17.1 Å². The van der Waals surface area contributed by atoms with Gasteiger partial charge in [0.05, 0.1) is 0 Å². The number of amides is 1. The van der Waals surface area contributed by atoms with Crippen LogP contribution < -0.4 is 11.1 Å². The minimum atomic E-state index is -0.0965. The third kappa shape index (κ3) is 1.70. The van der Waals surface area contributed by atoms with Gasteiger partial charge in [-0.25, -0.2) is 0 Å². The lowest BCUT2D eigenvalue weighted by molar-refractivity contribution is -0.123. The Morgan fingerprint density at radius 3 is 2.46 bits per heavy atom. The van der Waals surface area contributed by atoms with E-state index in [1.54, 1.807) is 0 Å². The van der Waals surface area contributed by atoms with Gasteiger partial charge in [0, 0.05) is 12.5 Å². The maximum Gasteiger partial charge on any atom is 0.220 e. The maximum absolute atomic E-state index is 11.0. The highest BCUT2D eigenvalue weighted by molar-refractivity contribution is 5.76. The van der Waals surface area contributed by atoms with Gasteiger partial charge in [-0.05, 0) is 44.1 Å². The molecule has 1 saturated carbocycles. The zero-order chi connectivity index (χ0) is 9.31. The van der Waals surface area contributed by atoms with Crippen molar-refractivity contribution >= 4 is 5.91 Å². The molecular formula is C10H18N2O. The summed E-state index contributed by atoms with van der Waals surface area (Å²) in [6, 6.07) is 0. The molecule has 0 aromatic carbocycles. The first-order valence-electron chi connectivity index (χ1n) is 5.22. The summed E-state index contributed by atoms with van der Waals surface area (Å²) in [5, 5.41) is 3.41. The lowest BCUT2D eigenvalue weighted by atomic mass is 9.70. The highest BCUT2D eigenvalue weighted by Gasteiger charge is 2.38. The van der Waals surface area contributed by atoms with Crippen molar-refractivity contribution in [2.45, 2.75) is 32.1 Å². The predicted octanol–water partition coefficient (Wildman–Crippen LogP) is 0.642. The Balaban J connectivity index is 1.91. The zero-order valence-electron chi connectivity index (χ0n) is 8.01. The molecule has 0 radical (unpaired) electrons. The van der Waals surface area contributed by atoms with Gasteiger partial charge < -0.3 is 11.1 Å². The average Bonchev–Trinajstić information content (AvgIpc) is 2.54. The van der Waals surface area contributed by atoms with E-state index >= 15 is 0 Å². The standard InChI is InChI=1S/C10H18N2O/c11-9(13)8-1-3-10(4-2-8)5-6-12-7-10/h8,12H,1-7H2,(H2,11,13). The SMILES string of the molecule is NC(=O)C1CCC2(CCNC2)CC1. The van der Waals surface area contributed by atoms with E-state index in [1.807, 2.05) is 0 Å². The molecule has 1 aliphatic heterocycles. The third-order valence-electron chi connectivity index (χ3n) is 3.78. The van der Waals surface area contributed by atoms with E-state index in [4.69, 9.17) is 5.73 Å². The Bertz CT molecular complexity index is 199. The van der Waals surface area contributed by atoms with Gasteiger partial charge in [-0.3, -0.25) is 4.79 Å². The van der Waals surface area contributed by atoms with Crippen LogP contribution in [0.25, 0.3) is 0 Å². The van der Waals surface area contributed by atoms with Crippen LogP contribution in [0.1, 0.15) is 32.1 Å². The fraction of sp³-hybridized carbons (Fsp3) is 0.900. The van der Waals surface area contributed by atoms with E-state index in [2.05, 4.69) is 5.32 Å². The quantitative estimate of drug-likeness (QED) is 0.625. The number of primary amides is 1. The molecule has 1 amide bonds. The van der Waals surface area contributed by atoms with Crippen LogP contribution in [-0.4, -0.2) is 19.0 Å². The summed E-state index contributed by atoms with van der Waals surface area (Å²) >= 11 is 0. The second kappa shape index (κ2) is 3.29. The number of hydrogen-bond donors (Lipinski definition) is 2. The molecule has 0 bridgehead atoms. The first-order chi connectivity index (χ1) is 6.22. The van der Waals surface area contributed by atoms with Crippen LogP contribution in [0, 0.1) is 11.3 Å². The van der Waals surface area contributed by atoms with Crippen molar-refractivity contribution in [3.8, 4) is 0 Å². The lowest BCUT2D eigenvalue weighted by Crippen LogP contribution is -2.34. The molecule has 1 saturated heterocycles. The summed E-state index contributed by atoms with van der Waals surface area (Å²) in [5.41, 5.74) is 5.82. The minimum Gasteiger partial charge on any atom is -0.369 e. The molecule has 2 fully saturated rings. The number of nitrogens with one attached hydrogen (secondary N) is 1.